The van der Waals surface area contributed by atoms with Gasteiger partial charge in [-0.05, 0) is 12.1 Å². The van der Waals surface area contributed by atoms with Gasteiger partial charge in [-0.1, -0.05) is 24.3 Å². The number of carbonyl (C=O) groups excluding carboxylic acids is 2. The molecular weight excluding hydrogens is 242 g/mol. The van der Waals surface area contributed by atoms with Crippen LogP contribution in [0.1, 0.15) is 16.9 Å². The third-order valence-electron chi connectivity index (χ3n) is 3.14. The van der Waals surface area contributed by atoms with E-state index in [1.807, 2.05) is 30.3 Å². The summed E-state index contributed by atoms with van der Waals surface area (Å²) in [5.41, 5.74) is 1.16. The molecule has 0 bridgehead atoms. The summed E-state index contributed by atoms with van der Waals surface area (Å²) in [6, 6.07) is 11.1. The van der Waals surface area contributed by atoms with Crippen molar-refractivity contribution in [2.75, 3.05) is 6.54 Å². The summed E-state index contributed by atoms with van der Waals surface area (Å²) in [7, 11) is 0. The van der Waals surface area contributed by atoms with E-state index >= 15 is 0 Å². The predicted octanol–water partition coefficient (Wildman–Crippen LogP) is 0.853. The molecule has 2 N–H and O–H groups in total. The van der Waals surface area contributed by atoms with Crippen LogP contribution in [0, 0.1) is 0 Å². The van der Waals surface area contributed by atoms with Crippen molar-refractivity contribution in [1.82, 2.24) is 15.6 Å². The smallest absolute Gasteiger partial charge is 0.270 e. The van der Waals surface area contributed by atoms with E-state index in [0.717, 1.165) is 10.9 Å². The Hall–Kier alpha value is -2.43. The molecule has 1 aromatic carbocycles. The third-order valence-corrected chi connectivity index (χ3v) is 3.14. The molecule has 2 aromatic rings. The molecule has 2 amide bonds. The molecule has 1 aliphatic rings. The molecule has 5 nitrogen and oxygen atoms in total. The molecule has 19 heavy (non-hydrogen) atoms. The lowest BCUT2D eigenvalue weighted by Crippen LogP contribution is -2.36. The summed E-state index contributed by atoms with van der Waals surface area (Å²) < 4.78 is 0. The number of hydrogen-bond acceptors (Lipinski definition) is 3. The number of rotatable bonds is 2. The van der Waals surface area contributed by atoms with Gasteiger partial charge in [0.15, 0.2) is 0 Å². The first-order valence-corrected chi connectivity index (χ1v) is 6.16. The Labute approximate surface area is 110 Å². The molecule has 1 fully saturated rings. The second kappa shape index (κ2) is 4.68. The molecular formula is C14H13N3O2. The van der Waals surface area contributed by atoms with E-state index in [1.165, 1.54) is 0 Å². The number of benzene rings is 1. The maximum Gasteiger partial charge on any atom is 0.270 e. The van der Waals surface area contributed by atoms with Crippen LogP contribution in [0.3, 0.4) is 0 Å². The van der Waals surface area contributed by atoms with Gasteiger partial charge in [0.25, 0.3) is 5.91 Å². The lowest BCUT2D eigenvalue weighted by Gasteiger charge is -2.10. The fourth-order valence-corrected chi connectivity index (χ4v) is 2.16. The Kier molecular flexibility index (Phi) is 2.87. The zero-order valence-corrected chi connectivity index (χ0v) is 10.2. The molecule has 1 atom stereocenters. The zero-order valence-electron chi connectivity index (χ0n) is 10.2. The van der Waals surface area contributed by atoms with E-state index in [0.29, 0.717) is 18.7 Å². The van der Waals surface area contributed by atoms with Crippen molar-refractivity contribution in [3.63, 3.8) is 0 Å². The van der Waals surface area contributed by atoms with Crippen molar-refractivity contribution in [3.8, 4) is 0 Å². The number of nitrogens with zero attached hydrogens (tertiary/aromatic N) is 1. The second-order valence-corrected chi connectivity index (χ2v) is 4.57. The van der Waals surface area contributed by atoms with E-state index in [2.05, 4.69) is 15.6 Å². The van der Waals surface area contributed by atoms with Crippen molar-refractivity contribution < 1.29 is 9.59 Å². The van der Waals surface area contributed by atoms with Gasteiger partial charge < -0.3 is 10.6 Å². The van der Waals surface area contributed by atoms with Crippen LogP contribution in [0.25, 0.3) is 10.9 Å². The molecule has 2 heterocycles. The normalized spacial score (nSPS) is 18.3. The van der Waals surface area contributed by atoms with Gasteiger partial charge in [-0.25, -0.2) is 4.98 Å². The molecule has 96 valence electrons. The van der Waals surface area contributed by atoms with Gasteiger partial charge in [0.1, 0.15) is 5.69 Å². The van der Waals surface area contributed by atoms with Gasteiger partial charge in [-0.15, -0.1) is 0 Å². The van der Waals surface area contributed by atoms with Gasteiger partial charge in [-0.3, -0.25) is 9.59 Å². The van der Waals surface area contributed by atoms with Crippen molar-refractivity contribution in [2.24, 2.45) is 0 Å². The van der Waals surface area contributed by atoms with Crippen molar-refractivity contribution in [1.29, 1.82) is 0 Å². The SMILES string of the molecule is O=C1C[C@@H](NC(=O)c2ccc3ccccc3n2)CN1. The highest BCUT2D eigenvalue weighted by Crippen LogP contribution is 2.12. The highest BCUT2D eigenvalue weighted by molar-refractivity contribution is 5.95. The quantitative estimate of drug-likeness (QED) is 0.835. The van der Waals surface area contributed by atoms with Gasteiger partial charge in [-0.2, -0.15) is 0 Å². The lowest BCUT2D eigenvalue weighted by atomic mass is 10.2. The maximum atomic E-state index is 12.0. The van der Waals surface area contributed by atoms with Crippen molar-refractivity contribution in [3.05, 3.63) is 42.1 Å². The van der Waals surface area contributed by atoms with E-state index in [9.17, 15) is 9.59 Å². The first-order chi connectivity index (χ1) is 9.22. The van der Waals surface area contributed by atoms with Crippen molar-refractivity contribution in [2.45, 2.75) is 12.5 Å². The average molecular weight is 255 g/mol. The number of carbonyl (C=O) groups is 2. The molecule has 0 saturated carbocycles. The fraction of sp³-hybridized carbons (Fsp3) is 0.214. The zero-order chi connectivity index (χ0) is 13.2. The molecule has 0 radical (unpaired) electrons. The molecule has 0 unspecified atom stereocenters. The summed E-state index contributed by atoms with van der Waals surface area (Å²) in [6.45, 7) is 0.484. The van der Waals surface area contributed by atoms with Crippen LogP contribution < -0.4 is 10.6 Å². The molecule has 1 aliphatic heterocycles. The first kappa shape index (κ1) is 11.6. The van der Waals surface area contributed by atoms with Crippen LogP contribution in [0.5, 0.6) is 0 Å². The Morgan fingerprint density at radius 1 is 1.26 bits per heavy atom. The topological polar surface area (TPSA) is 71.1 Å². The lowest BCUT2D eigenvalue weighted by molar-refractivity contribution is -0.119. The minimum Gasteiger partial charge on any atom is -0.354 e. The molecule has 1 aromatic heterocycles. The summed E-state index contributed by atoms with van der Waals surface area (Å²) in [4.78, 5) is 27.4. The van der Waals surface area contributed by atoms with Crippen LogP contribution in [-0.4, -0.2) is 29.4 Å². The monoisotopic (exact) mass is 255 g/mol. The highest BCUT2D eigenvalue weighted by atomic mass is 16.2. The number of aromatic nitrogens is 1. The van der Waals surface area contributed by atoms with Crippen LogP contribution in [0.2, 0.25) is 0 Å². The minimum atomic E-state index is -0.243. The number of para-hydroxylation sites is 1. The summed E-state index contributed by atoms with van der Waals surface area (Å²) in [6.07, 6.45) is 0.333. The van der Waals surface area contributed by atoms with Gasteiger partial charge in [0.2, 0.25) is 5.91 Å². The Morgan fingerprint density at radius 2 is 2.11 bits per heavy atom. The minimum absolute atomic E-state index is 0.0308. The Balaban J connectivity index is 1.79. The third kappa shape index (κ3) is 2.40. The molecule has 1 saturated heterocycles. The van der Waals surface area contributed by atoms with E-state index in [4.69, 9.17) is 0 Å². The fourth-order valence-electron chi connectivity index (χ4n) is 2.16. The Bertz CT molecular complexity index is 654. The van der Waals surface area contributed by atoms with Gasteiger partial charge >= 0.3 is 0 Å². The highest BCUT2D eigenvalue weighted by Gasteiger charge is 2.23. The molecule has 0 aliphatic carbocycles. The van der Waals surface area contributed by atoms with Crippen molar-refractivity contribution >= 4 is 22.7 Å². The number of nitrogens with one attached hydrogen (secondary N) is 2. The van der Waals surface area contributed by atoms with Gasteiger partial charge in [0, 0.05) is 18.4 Å². The number of pyridine rings is 1. The predicted molar refractivity (Wildman–Crippen MR) is 70.6 cm³/mol. The molecule has 5 heteroatoms. The van der Waals surface area contributed by atoms with Gasteiger partial charge in [0.05, 0.1) is 11.6 Å². The van der Waals surface area contributed by atoms with E-state index in [-0.39, 0.29) is 17.9 Å². The second-order valence-electron chi connectivity index (χ2n) is 4.57. The number of fused-ring (bicyclic) bond motifs is 1. The Morgan fingerprint density at radius 3 is 2.89 bits per heavy atom. The number of hydrogen-bond donors (Lipinski definition) is 2. The summed E-state index contributed by atoms with van der Waals surface area (Å²) in [5, 5.41) is 6.48. The first-order valence-electron chi connectivity index (χ1n) is 6.16. The van der Waals surface area contributed by atoms with Crippen LogP contribution in [0.15, 0.2) is 36.4 Å². The van der Waals surface area contributed by atoms with Crippen LogP contribution in [-0.2, 0) is 4.79 Å². The summed E-state index contributed by atoms with van der Waals surface area (Å²) in [5.74, 6) is -0.274. The van der Waals surface area contributed by atoms with E-state index in [1.54, 1.807) is 6.07 Å². The largest absolute Gasteiger partial charge is 0.354 e. The number of amides is 2. The molecule has 3 rings (SSSR count). The van der Waals surface area contributed by atoms with Crippen LogP contribution in [0.4, 0.5) is 0 Å². The maximum absolute atomic E-state index is 12.0. The van der Waals surface area contributed by atoms with E-state index < -0.39 is 0 Å². The van der Waals surface area contributed by atoms with Crippen LogP contribution >= 0.6 is 0 Å². The molecule has 0 spiro atoms. The standard InChI is InChI=1S/C14H13N3O2/c18-13-7-10(8-15-13)16-14(19)12-6-5-9-3-1-2-4-11(9)17-12/h1-6,10H,7-8H2,(H,15,18)(H,16,19)/t10-/m1/s1. The summed E-state index contributed by atoms with van der Waals surface area (Å²) >= 11 is 0. The average Bonchev–Trinajstić information content (AvgIpc) is 2.83.